The molecule has 1 aliphatic heterocycles. The summed E-state index contributed by atoms with van der Waals surface area (Å²) in [6.07, 6.45) is 1.46. The molecular weight excluding hydrogens is 282 g/mol. The van der Waals surface area contributed by atoms with E-state index in [0.29, 0.717) is 18.7 Å². The van der Waals surface area contributed by atoms with Crippen LogP contribution in [0.15, 0.2) is 16.5 Å². The fourth-order valence-corrected chi connectivity index (χ4v) is 3.95. The number of hydrogen-bond donors (Lipinski definition) is 1. The second-order valence-corrected chi connectivity index (χ2v) is 6.94. The first-order valence-electron chi connectivity index (χ1n) is 6.40. The Balaban J connectivity index is 2.24. The van der Waals surface area contributed by atoms with E-state index in [1.54, 1.807) is 6.07 Å². The highest BCUT2D eigenvalue weighted by atomic mass is 32.2. The number of likely N-dealkylation sites (N-methyl/N-ethyl adjacent to an activating group) is 1. The molecule has 2 N–H and O–H groups in total. The van der Waals surface area contributed by atoms with Crippen LogP contribution in [-0.4, -0.2) is 43.1 Å². The molecule has 1 amide bonds. The molecule has 112 valence electrons. The lowest BCUT2D eigenvalue weighted by atomic mass is 10.2. The molecule has 0 unspecified atom stereocenters. The van der Waals surface area contributed by atoms with Crippen LogP contribution in [0.1, 0.15) is 30.4 Å². The molecule has 1 atom stereocenters. The van der Waals surface area contributed by atoms with E-state index in [1.165, 1.54) is 11.4 Å². The van der Waals surface area contributed by atoms with Gasteiger partial charge in [-0.1, -0.05) is 0 Å². The molecule has 20 heavy (non-hydrogen) atoms. The molecule has 0 spiro atoms. The van der Waals surface area contributed by atoms with Crippen molar-refractivity contribution in [2.45, 2.75) is 25.8 Å². The number of nitrogens with two attached hydrogens (primary N) is 1. The van der Waals surface area contributed by atoms with E-state index in [0.717, 1.165) is 16.5 Å². The van der Waals surface area contributed by atoms with Crippen molar-refractivity contribution in [2.75, 3.05) is 20.1 Å². The van der Waals surface area contributed by atoms with Crippen LogP contribution in [0.2, 0.25) is 0 Å². The van der Waals surface area contributed by atoms with E-state index < -0.39 is 16.1 Å². The smallest absolute Gasteiger partial charge is 0.282 e. The second kappa shape index (κ2) is 5.55. The zero-order valence-corrected chi connectivity index (χ0v) is 12.4. The highest BCUT2D eigenvalue weighted by Gasteiger charge is 2.39. The summed E-state index contributed by atoms with van der Waals surface area (Å²) >= 11 is 0. The Hall–Kier alpha value is -1.38. The lowest BCUT2D eigenvalue weighted by Crippen LogP contribution is -2.44. The van der Waals surface area contributed by atoms with Crippen LogP contribution in [-0.2, 0) is 15.0 Å². The van der Waals surface area contributed by atoms with Gasteiger partial charge in [0.25, 0.3) is 10.2 Å². The lowest BCUT2D eigenvalue weighted by molar-refractivity contribution is -0.118. The van der Waals surface area contributed by atoms with Crippen LogP contribution < -0.4 is 5.73 Å². The van der Waals surface area contributed by atoms with Crippen molar-refractivity contribution in [1.29, 1.82) is 0 Å². The van der Waals surface area contributed by atoms with Gasteiger partial charge in [0.05, 0.1) is 12.6 Å². The molecule has 7 nitrogen and oxygen atoms in total. The Labute approximate surface area is 118 Å². The van der Waals surface area contributed by atoms with Gasteiger partial charge in [-0.05, 0) is 31.9 Å². The predicted octanol–water partition coefficient (Wildman–Crippen LogP) is 0.387. The van der Waals surface area contributed by atoms with Gasteiger partial charge in [-0.3, -0.25) is 4.79 Å². The number of carbonyl (C=O) groups is 1. The summed E-state index contributed by atoms with van der Waals surface area (Å²) in [5.74, 6) is 0.700. The minimum Gasteiger partial charge on any atom is -0.465 e. The van der Waals surface area contributed by atoms with E-state index in [9.17, 15) is 13.2 Å². The third-order valence-electron chi connectivity index (χ3n) is 3.36. The molecule has 0 radical (unpaired) electrons. The fraction of sp³-hybridized carbons (Fsp3) is 0.583. The highest BCUT2D eigenvalue weighted by Crippen LogP contribution is 2.35. The van der Waals surface area contributed by atoms with Gasteiger partial charge in [-0.15, -0.1) is 0 Å². The molecule has 0 aromatic carbocycles. The first-order valence-corrected chi connectivity index (χ1v) is 7.80. The van der Waals surface area contributed by atoms with Crippen LogP contribution in [0.5, 0.6) is 0 Å². The van der Waals surface area contributed by atoms with Crippen LogP contribution in [0.25, 0.3) is 0 Å². The molecule has 0 bridgehead atoms. The summed E-state index contributed by atoms with van der Waals surface area (Å²) in [6.45, 7) is 1.90. The third-order valence-corrected chi connectivity index (χ3v) is 5.31. The van der Waals surface area contributed by atoms with Crippen molar-refractivity contribution in [3.63, 3.8) is 0 Å². The number of carbonyl (C=O) groups excluding carboxylic acids is 1. The summed E-state index contributed by atoms with van der Waals surface area (Å²) < 4.78 is 32.8. The van der Waals surface area contributed by atoms with E-state index in [1.807, 2.05) is 13.0 Å². The van der Waals surface area contributed by atoms with Crippen LogP contribution in [0, 0.1) is 6.92 Å². The maximum atomic E-state index is 12.5. The molecule has 1 saturated heterocycles. The van der Waals surface area contributed by atoms with E-state index in [2.05, 4.69) is 0 Å². The zero-order valence-electron chi connectivity index (χ0n) is 11.6. The van der Waals surface area contributed by atoms with Crippen molar-refractivity contribution >= 4 is 16.1 Å². The van der Waals surface area contributed by atoms with Crippen LogP contribution >= 0.6 is 0 Å². The molecule has 2 rings (SSSR count). The normalized spacial score (nSPS) is 20.6. The van der Waals surface area contributed by atoms with Crippen molar-refractivity contribution in [2.24, 2.45) is 5.73 Å². The van der Waals surface area contributed by atoms with Crippen molar-refractivity contribution < 1.29 is 17.6 Å². The highest BCUT2D eigenvalue weighted by molar-refractivity contribution is 7.86. The molecule has 2 heterocycles. The third kappa shape index (κ3) is 2.87. The first kappa shape index (κ1) is 15.0. The summed E-state index contributed by atoms with van der Waals surface area (Å²) in [5, 5.41) is 0. The van der Waals surface area contributed by atoms with Crippen LogP contribution in [0.4, 0.5) is 0 Å². The van der Waals surface area contributed by atoms with Gasteiger partial charge < -0.3 is 10.2 Å². The van der Waals surface area contributed by atoms with Gasteiger partial charge in [-0.25, -0.2) is 0 Å². The van der Waals surface area contributed by atoms with Gasteiger partial charge in [0.15, 0.2) is 0 Å². The molecule has 0 aliphatic carbocycles. The molecule has 1 fully saturated rings. The average molecular weight is 301 g/mol. The monoisotopic (exact) mass is 301 g/mol. The summed E-state index contributed by atoms with van der Waals surface area (Å²) in [4.78, 5) is 10.9. The van der Waals surface area contributed by atoms with Crippen LogP contribution in [0.3, 0.4) is 0 Å². The molecule has 1 aliphatic rings. The van der Waals surface area contributed by atoms with Crippen molar-refractivity contribution in [3.8, 4) is 0 Å². The second-order valence-electron chi connectivity index (χ2n) is 4.95. The Bertz CT molecular complexity index is 596. The van der Waals surface area contributed by atoms with Gasteiger partial charge in [0.2, 0.25) is 5.91 Å². The largest absolute Gasteiger partial charge is 0.465 e. The zero-order chi connectivity index (χ0) is 14.9. The van der Waals surface area contributed by atoms with E-state index in [-0.39, 0.29) is 12.6 Å². The van der Waals surface area contributed by atoms with Crippen molar-refractivity contribution in [3.05, 3.63) is 23.7 Å². The number of amides is 1. The van der Waals surface area contributed by atoms with Crippen molar-refractivity contribution in [1.82, 2.24) is 8.61 Å². The maximum Gasteiger partial charge on any atom is 0.282 e. The fourth-order valence-electron chi connectivity index (χ4n) is 2.41. The minimum absolute atomic E-state index is 0.316. The minimum atomic E-state index is -3.72. The predicted molar refractivity (Wildman–Crippen MR) is 72.9 cm³/mol. The van der Waals surface area contributed by atoms with Gasteiger partial charge in [0, 0.05) is 13.6 Å². The number of primary amides is 1. The Morgan fingerprint density at radius 3 is 2.80 bits per heavy atom. The number of furan rings is 1. The SMILES string of the molecule is Cc1ccc([C@H]2CCCN2S(=O)(=O)N(C)CC(N)=O)o1. The summed E-state index contributed by atoms with van der Waals surface area (Å²) in [6, 6.07) is 3.29. The molecule has 1 aromatic rings. The molecule has 8 heteroatoms. The first-order chi connectivity index (χ1) is 9.32. The molecule has 0 saturated carbocycles. The number of nitrogens with zero attached hydrogens (tertiary/aromatic N) is 2. The van der Waals surface area contributed by atoms with E-state index in [4.69, 9.17) is 10.2 Å². The summed E-state index contributed by atoms with van der Waals surface area (Å²) in [5.41, 5.74) is 5.06. The number of aryl methyl sites for hydroxylation is 1. The topological polar surface area (TPSA) is 96.9 Å². The Morgan fingerprint density at radius 1 is 1.55 bits per heavy atom. The maximum absolute atomic E-state index is 12.5. The lowest BCUT2D eigenvalue weighted by Gasteiger charge is -2.27. The average Bonchev–Trinajstić information content (AvgIpc) is 2.95. The summed E-state index contributed by atoms with van der Waals surface area (Å²) in [7, 11) is -2.37. The molecule has 1 aromatic heterocycles. The number of hydrogen-bond acceptors (Lipinski definition) is 4. The number of rotatable bonds is 5. The Morgan fingerprint density at radius 2 is 2.25 bits per heavy atom. The van der Waals surface area contributed by atoms with E-state index >= 15 is 0 Å². The standard InChI is InChI=1S/C12H19N3O4S/c1-9-5-6-11(19-9)10-4-3-7-15(10)20(17,18)14(2)8-12(13)16/h5-6,10H,3-4,7-8H2,1-2H3,(H2,13,16)/t10-/m1/s1. The Kier molecular flexibility index (Phi) is 4.17. The van der Waals surface area contributed by atoms with Gasteiger partial charge in [0.1, 0.15) is 11.5 Å². The van der Waals surface area contributed by atoms with Gasteiger partial charge >= 0.3 is 0 Å². The molecular formula is C12H19N3O4S. The van der Waals surface area contributed by atoms with Gasteiger partial charge in [-0.2, -0.15) is 17.0 Å². The quantitative estimate of drug-likeness (QED) is 0.850.